The minimum Gasteiger partial charge on any atom is -0.454 e. The van der Waals surface area contributed by atoms with Gasteiger partial charge in [0.05, 0.1) is 18.8 Å². The van der Waals surface area contributed by atoms with Crippen LogP contribution in [0.15, 0.2) is 18.2 Å². The van der Waals surface area contributed by atoms with Gasteiger partial charge in [-0.3, -0.25) is 0 Å². The minimum absolute atomic E-state index is 0.114. The number of carbonyl (C=O) groups excluding carboxylic acids is 1. The third kappa shape index (κ3) is 2.10. The Balaban J connectivity index is 2.12. The molecule has 0 amide bonds. The van der Waals surface area contributed by atoms with Gasteiger partial charge in [-0.05, 0) is 19.1 Å². The number of hydrogen-bond acceptors (Lipinski definition) is 4. The Hall–Kier alpha value is -1.55. The Morgan fingerprint density at radius 3 is 2.87 bits per heavy atom. The monoisotopic (exact) mass is 207 g/mol. The molecular formula is C11H13NO3. The van der Waals surface area contributed by atoms with Crippen LogP contribution in [0.3, 0.4) is 0 Å². The zero-order chi connectivity index (χ0) is 10.8. The third-order valence-electron chi connectivity index (χ3n) is 2.31. The number of carbonyl (C=O) groups is 1. The molecule has 4 heteroatoms. The van der Waals surface area contributed by atoms with Gasteiger partial charge in [-0.15, -0.1) is 0 Å². The molecule has 1 saturated heterocycles. The van der Waals surface area contributed by atoms with Crippen LogP contribution in [0.1, 0.15) is 15.9 Å². The van der Waals surface area contributed by atoms with Crippen molar-refractivity contribution in [3.8, 4) is 0 Å². The molecule has 1 aromatic rings. The molecule has 1 fully saturated rings. The predicted octanol–water partition coefficient (Wildman–Crippen LogP) is 1.13. The number of nitrogen functional groups attached to an aromatic ring is 1. The molecule has 4 nitrogen and oxygen atoms in total. The number of rotatable bonds is 2. The number of anilines is 1. The van der Waals surface area contributed by atoms with E-state index in [-0.39, 0.29) is 12.1 Å². The van der Waals surface area contributed by atoms with E-state index in [4.69, 9.17) is 15.2 Å². The Labute approximate surface area is 88.0 Å². The fourth-order valence-corrected chi connectivity index (χ4v) is 1.34. The van der Waals surface area contributed by atoms with Crippen molar-refractivity contribution >= 4 is 11.7 Å². The third-order valence-corrected chi connectivity index (χ3v) is 2.31. The van der Waals surface area contributed by atoms with E-state index < -0.39 is 0 Å². The molecule has 1 aliphatic rings. The van der Waals surface area contributed by atoms with E-state index in [1.54, 1.807) is 12.1 Å². The standard InChI is InChI=1S/C11H13NO3/c1-7-2-3-10(12)9(4-7)11(13)15-8-5-14-6-8/h2-4,8H,5-6,12H2,1H3. The van der Waals surface area contributed by atoms with Gasteiger partial charge in [0, 0.05) is 5.69 Å². The smallest absolute Gasteiger partial charge is 0.340 e. The van der Waals surface area contributed by atoms with Crippen molar-refractivity contribution in [2.75, 3.05) is 18.9 Å². The summed E-state index contributed by atoms with van der Waals surface area (Å²) < 4.78 is 10.1. The molecule has 0 aliphatic carbocycles. The van der Waals surface area contributed by atoms with Gasteiger partial charge in [0.1, 0.15) is 6.10 Å². The second-order valence-corrected chi connectivity index (χ2v) is 3.66. The van der Waals surface area contributed by atoms with Crippen LogP contribution in [0, 0.1) is 6.92 Å². The van der Waals surface area contributed by atoms with Gasteiger partial charge in [-0.2, -0.15) is 0 Å². The maximum atomic E-state index is 11.7. The van der Waals surface area contributed by atoms with Crippen molar-refractivity contribution in [1.29, 1.82) is 0 Å². The molecule has 0 spiro atoms. The van der Waals surface area contributed by atoms with E-state index >= 15 is 0 Å². The molecular weight excluding hydrogens is 194 g/mol. The lowest BCUT2D eigenvalue weighted by atomic mass is 10.1. The highest BCUT2D eigenvalue weighted by Crippen LogP contribution is 2.17. The van der Waals surface area contributed by atoms with Crippen LogP contribution in [0.2, 0.25) is 0 Å². The molecule has 1 heterocycles. The van der Waals surface area contributed by atoms with E-state index in [1.165, 1.54) is 0 Å². The van der Waals surface area contributed by atoms with Crippen LogP contribution in [0.5, 0.6) is 0 Å². The first kappa shape index (κ1) is 9.98. The molecule has 0 saturated carbocycles. The fraction of sp³-hybridized carbons (Fsp3) is 0.364. The summed E-state index contributed by atoms with van der Waals surface area (Å²) in [6.45, 7) is 2.87. The van der Waals surface area contributed by atoms with E-state index in [2.05, 4.69) is 0 Å². The highest BCUT2D eigenvalue weighted by Gasteiger charge is 2.24. The lowest BCUT2D eigenvalue weighted by Gasteiger charge is -2.25. The van der Waals surface area contributed by atoms with Crippen molar-refractivity contribution in [2.24, 2.45) is 0 Å². The molecule has 0 atom stereocenters. The number of nitrogens with two attached hydrogens (primary N) is 1. The van der Waals surface area contributed by atoms with E-state index in [9.17, 15) is 4.79 Å². The number of esters is 1. The molecule has 0 aromatic heterocycles. The van der Waals surface area contributed by atoms with Crippen LogP contribution < -0.4 is 5.73 Å². The molecule has 1 aromatic carbocycles. The van der Waals surface area contributed by atoms with Crippen LogP contribution in [0.4, 0.5) is 5.69 Å². The Bertz CT molecular complexity index is 385. The van der Waals surface area contributed by atoms with Gasteiger partial charge >= 0.3 is 5.97 Å². The predicted molar refractivity (Wildman–Crippen MR) is 55.6 cm³/mol. The van der Waals surface area contributed by atoms with Gasteiger partial charge in [0.15, 0.2) is 0 Å². The summed E-state index contributed by atoms with van der Waals surface area (Å²) in [5, 5.41) is 0. The van der Waals surface area contributed by atoms with E-state index in [1.807, 2.05) is 13.0 Å². The number of aryl methyl sites for hydroxylation is 1. The zero-order valence-corrected chi connectivity index (χ0v) is 8.53. The quantitative estimate of drug-likeness (QED) is 0.583. The minimum atomic E-state index is -0.371. The summed E-state index contributed by atoms with van der Waals surface area (Å²) >= 11 is 0. The zero-order valence-electron chi connectivity index (χ0n) is 8.53. The van der Waals surface area contributed by atoms with Crippen LogP contribution >= 0.6 is 0 Å². The van der Waals surface area contributed by atoms with Crippen LogP contribution in [-0.4, -0.2) is 25.3 Å². The summed E-state index contributed by atoms with van der Waals surface area (Å²) in [5.74, 6) is -0.371. The molecule has 0 unspecified atom stereocenters. The largest absolute Gasteiger partial charge is 0.454 e. The number of ether oxygens (including phenoxy) is 2. The Morgan fingerprint density at radius 2 is 2.27 bits per heavy atom. The second kappa shape index (κ2) is 3.90. The lowest BCUT2D eigenvalue weighted by molar-refractivity contribution is -0.103. The molecule has 2 rings (SSSR count). The van der Waals surface area contributed by atoms with Gasteiger partial charge < -0.3 is 15.2 Å². The van der Waals surface area contributed by atoms with Crippen molar-refractivity contribution in [3.05, 3.63) is 29.3 Å². The fourth-order valence-electron chi connectivity index (χ4n) is 1.34. The van der Waals surface area contributed by atoms with Gasteiger partial charge in [-0.1, -0.05) is 11.6 Å². The molecule has 0 radical (unpaired) electrons. The highest BCUT2D eigenvalue weighted by atomic mass is 16.6. The Morgan fingerprint density at radius 1 is 1.53 bits per heavy atom. The summed E-state index contributed by atoms with van der Waals surface area (Å²) in [6, 6.07) is 5.30. The number of benzene rings is 1. The summed E-state index contributed by atoms with van der Waals surface area (Å²) in [7, 11) is 0. The normalized spacial score (nSPS) is 15.8. The van der Waals surface area contributed by atoms with E-state index in [0.717, 1.165) is 5.56 Å². The summed E-state index contributed by atoms with van der Waals surface area (Å²) in [4.78, 5) is 11.7. The average molecular weight is 207 g/mol. The lowest BCUT2D eigenvalue weighted by Crippen LogP contribution is -2.37. The molecule has 15 heavy (non-hydrogen) atoms. The van der Waals surface area contributed by atoms with E-state index in [0.29, 0.717) is 24.5 Å². The van der Waals surface area contributed by atoms with Crippen molar-refractivity contribution < 1.29 is 14.3 Å². The SMILES string of the molecule is Cc1ccc(N)c(C(=O)OC2COC2)c1. The van der Waals surface area contributed by atoms with Gasteiger partial charge in [0.25, 0.3) is 0 Å². The molecule has 2 N–H and O–H groups in total. The highest BCUT2D eigenvalue weighted by molar-refractivity contribution is 5.95. The summed E-state index contributed by atoms with van der Waals surface area (Å²) in [5.41, 5.74) is 7.56. The first-order valence-corrected chi connectivity index (χ1v) is 4.81. The van der Waals surface area contributed by atoms with Crippen LogP contribution in [0.25, 0.3) is 0 Å². The number of hydrogen-bond donors (Lipinski definition) is 1. The second-order valence-electron chi connectivity index (χ2n) is 3.66. The topological polar surface area (TPSA) is 61.6 Å². The Kier molecular flexibility index (Phi) is 2.60. The van der Waals surface area contributed by atoms with Crippen molar-refractivity contribution in [1.82, 2.24) is 0 Å². The molecule has 80 valence electrons. The van der Waals surface area contributed by atoms with Gasteiger partial charge in [0.2, 0.25) is 0 Å². The maximum absolute atomic E-state index is 11.7. The van der Waals surface area contributed by atoms with Crippen LogP contribution in [-0.2, 0) is 9.47 Å². The maximum Gasteiger partial charge on any atom is 0.340 e. The summed E-state index contributed by atoms with van der Waals surface area (Å²) in [6.07, 6.45) is -0.114. The van der Waals surface area contributed by atoms with Crippen molar-refractivity contribution in [3.63, 3.8) is 0 Å². The van der Waals surface area contributed by atoms with Crippen molar-refractivity contribution in [2.45, 2.75) is 13.0 Å². The first-order valence-electron chi connectivity index (χ1n) is 4.81. The first-order chi connectivity index (χ1) is 7.16. The average Bonchev–Trinajstić information content (AvgIpc) is 2.15. The molecule has 0 bridgehead atoms. The van der Waals surface area contributed by atoms with Gasteiger partial charge in [-0.25, -0.2) is 4.79 Å². The molecule has 1 aliphatic heterocycles.